The summed E-state index contributed by atoms with van der Waals surface area (Å²) < 4.78 is 0. The molecule has 1 fully saturated rings. The molecule has 0 bridgehead atoms. The Balaban J connectivity index is 2.19. The molecule has 1 heterocycles. The summed E-state index contributed by atoms with van der Waals surface area (Å²) in [6.07, 6.45) is 0.821. The van der Waals surface area contributed by atoms with Crippen LogP contribution in [0.3, 0.4) is 0 Å². The van der Waals surface area contributed by atoms with Gasteiger partial charge in [-0.3, -0.25) is 9.59 Å². The summed E-state index contributed by atoms with van der Waals surface area (Å²) in [5, 5.41) is 0. The lowest BCUT2D eigenvalue weighted by molar-refractivity contribution is 0.0791. The van der Waals surface area contributed by atoms with E-state index in [4.69, 9.17) is 11.5 Å². The monoisotopic (exact) mass is 233 g/mol. The van der Waals surface area contributed by atoms with Gasteiger partial charge < -0.3 is 16.4 Å². The number of benzene rings is 1. The minimum Gasteiger partial charge on any atom is -0.366 e. The van der Waals surface area contributed by atoms with Crippen LogP contribution < -0.4 is 11.5 Å². The van der Waals surface area contributed by atoms with Gasteiger partial charge in [0.05, 0.1) is 0 Å². The second-order valence-corrected chi connectivity index (χ2v) is 4.24. The lowest BCUT2D eigenvalue weighted by atomic mass is 10.1. The Morgan fingerprint density at radius 2 is 2.00 bits per heavy atom. The molecule has 90 valence electrons. The number of hydrogen-bond donors (Lipinski definition) is 2. The first-order chi connectivity index (χ1) is 8.08. The largest absolute Gasteiger partial charge is 0.366 e. The summed E-state index contributed by atoms with van der Waals surface area (Å²) >= 11 is 0. The fourth-order valence-corrected chi connectivity index (χ4v) is 1.96. The van der Waals surface area contributed by atoms with E-state index in [1.165, 1.54) is 6.07 Å². The van der Waals surface area contributed by atoms with Gasteiger partial charge in [-0.05, 0) is 24.6 Å². The molecule has 0 aromatic heterocycles. The van der Waals surface area contributed by atoms with Crippen molar-refractivity contribution in [3.8, 4) is 0 Å². The number of hydrogen-bond acceptors (Lipinski definition) is 3. The van der Waals surface area contributed by atoms with E-state index in [1.54, 1.807) is 23.1 Å². The van der Waals surface area contributed by atoms with Crippen LogP contribution >= 0.6 is 0 Å². The van der Waals surface area contributed by atoms with Crippen LogP contribution in [0.2, 0.25) is 0 Å². The Kier molecular flexibility index (Phi) is 3.10. The fraction of sp³-hybridized carbons (Fsp3) is 0.333. The van der Waals surface area contributed by atoms with Gasteiger partial charge in [0.15, 0.2) is 0 Å². The van der Waals surface area contributed by atoms with E-state index in [-0.39, 0.29) is 11.9 Å². The lowest BCUT2D eigenvalue weighted by Crippen LogP contribution is -2.32. The second-order valence-electron chi connectivity index (χ2n) is 4.24. The van der Waals surface area contributed by atoms with E-state index < -0.39 is 5.91 Å². The first-order valence-corrected chi connectivity index (χ1v) is 5.52. The van der Waals surface area contributed by atoms with E-state index in [2.05, 4.69) is 0 Å². The summed E-state index contributed by atoms with van der Waals surface area (Å²) in [7, 11) is 0. The zero-order valence-corrected chi connectivity index (χ0v) is 9.43. The topological polar surface area (TPSA) is 89.4 Å². The van der Waals surface area contributed by atoms with Crippen molar-refractivity contribution in [2.45, 2.75) is 12.5 Å². The highest BCUT2D eigenvalue weighted by atomic mass is 16.2. The van der Waals surface area contributed by atoms with Crippen molar-refractivity contribution in [1.82, 2.24) is 4.90 Å². The van der Waals surface area contributed by atoms with Crippen LogP contribution in [0.4, 0.5) is 0 Å². The molecule has 5 heteroatoms. The molecule has 1 aromatic rings. The van der Waals surface area contributed by atoms with Crippen molar-refractivity contribution < 1.29 is 9.59 Å². The second kappa shape index (κ2) is 4.55. The van der Waals surface area contributed by atoms with Gasteiger partial charge in [0.25, 0.3) is 5.91 Å². The van der Waals surface area contributed by atoms with Crippen molar-refractivity contribution in [1.29, 1.82) is 0 Å². The number of nitrogens with zero attached hydrogens (tertiary/aromatic N) is 1. The normalized spacial score (nSPS) is 19.4. The number of primary amides is 1. The third-order valence-corrected chi connectivity index (χ3v) is 2.91. The molecule has 17 heavy (non-hydrogen) atoms. The molecule has 1 aromatic carbocycles. The first kappa shape index (κ1) is 11.6. The fourth-order valence-electron chi connectivity index (χ4n) is 1.96. The summed E-state index contributed by atoms with van der Waals surface area (Å²) in [5.74, 6) is -0.626. The third-order valence-electron chi connectivity index (χ3n) is 2.91. The van der Waals surface area contributed by atoms with Crippen LogP contribution in [0.25, 0.3) is 0 Å². The highest BCUT2D eigenvalue weighted by Crippen LogP contribution is 2.13. The number of carbonyl (C=O) groups excluding carboxylic acids is 2. The molecule has 0 radical (unpaired) electrons. The molecule has 0 saturated carbocycles. The molecule has 4 N–H and O–H groups in total. The highest BCUT2D eigenvalue weighted by molar-refractivity contribution is 5.99. The van der Waals surface area contributed by atoms with Crippen LogP contribution in [0.1, 0.15) is 27.1 Å². The van der Waals surface area contributed by atoms with Gasteiger partial charge >= 0.3 is 0 Å². The van der Waals surface area contributed by atoms with E-state index in [1.807, 2.05) is 0 Å². The van der Waals surface area contributed by atoms with E-state index in [0.29, 0.717) is 24.2 Å². The molecule has 1 saturated heterocycles. The Morgan fingerprint density at radius 3 is 2.59 bits per heavy atom. The average molecular weight is 233 g/mol. The molecule has 1 atom stereocenters. The van der Waals surface area contributed by atoms with Gasteiger partial charge in [0.2, 0.25) is 5.91 Å². The van der Waals surface area contributed by atoms with Crippen molar-refractivity contribution in [3.63, 3.8) is 0 Å². The van der Waals surface area contributed by atoms with Crippen LogP contribution in [-0.4, -0.2) is 35.8 Å². The number of nitrogens with two attached hydrogens (primary N) is 2. The van der Waals surface area contributed by atoms with Gasteiger partial charge in [-0.25, -0.2) is 0 Å². The van der Waals surface area contributed by atoms with Crippen LogP contribution in [0.5, 0.6) is 0 Å². The summed E-state index contributed by atoms with van der Waals surface area (Å²) in [5.41, 5.74) is 11.8. The predicted molar refractivity (Wildman–Crippen MR) is 63.5 cm³/mol. The van der Waals surface area contributed by atoms with Gasteiger partial charge in [0, 0.05) is 30.3 Å². The van der Waals surface area contributed by atoms with E-state index >= 15 is 0 Å². The van der Waals surface area contributed by atoms with Gasteiger partial charge in [-0.15, -0.1) is 0 Å². The number of rotatable bonds is 2. The highest BCUT2D eigenvalue weighted by Gasteiger charge is 2.24. The van der Waals surface area contributed by atoms with Gasteiger partial charge in [0.1, 0.15) is 0 Å². The number of carbonyl (C=O) groups is 2. The van der Waals surface area contributed by atoms with Crippen LogP contribution in [0.15, 0.2) is 24.3 Å². The minimum atomic E-state index is -0.530. The zero-order chi connectivity index (χ0) is 12.4. The Labute approximate surface area is 99.4 Å². The number of likely N-dealkylation sites (tertiary alicyclic amines) is 1. The first-order valence-electron chi connectivity index (χ1n) is 5.52. The maximum Gasteiger partial charge on any atom is 0.253 e. The Hall–Kier alpha value is -1.88. The summed E-state index contributed by atoms with van der Waals surface area (Å²) in [6, 6.07) is 6.50. The van der Waals surface area contributed by atoms with Crippen LogP contribution in [-0.2, 0) is 0 Å². The molecule has 0 unspecified atom stereocenters. The maximum absolute atomic E-state index is 12.1. The maximum atomic E-state index is 12.1. The minimum absolute atomic E-state index is 0.0540. The Morgan fingerprint density at radius 1 is 1.29 bits per heavy atom. The summed E-state index contributed by atoms with van der Waals surface area (Å²) in [6.45, 7) is 1.24. The molecule has 5 nitrogen and oxygen atoms in total. The predicted octanol–water partition coefficient (Wildman–Crippen LogP) is -0.0413. The third kappa shape index (κ3) is 2.45. The zero-order valence-electron chi connectivity index (χ0n) is 9.43. The summed E-state index contributed by atoms with van der Waals surface area (Å²) in [4.78, 5) is 24.8. The van der Waals surface area contributed by atoms with E-state index in [0.717, 1.165) is 6.42 Å². The molecule has 1 aliphatic heterocycles. The van der Waals surface area contributed by atoms with Crippen LogP contribution in [0, 0.1) is 0 Å². The average Bonchev–Trinajstić information content (AvgIpc) is 2.75. The Bertz CT molecular complexity index is 459. The molecule has 1 aliphatic rings. The smallest absolute Gasteiger partial charge is 0.253 e. The van der Waals surface area contributed by atoms with Crippen molar-refractivity contribution in [2.75, 3.05) is 13.1 Å². The molecular formula is C12H15N3O2. The molecular weight excluding hydrogens is 218 g/mol. The van der Waals surface area contributed by atoms with Crippen molar-refractivity contribution >= 4 is 11.8 Å². The lowest BCUT2D eigenvalue weighted by Gasteiger charge is -2.15. The van der Waals surface area contributed by atoms with Crippen molar-refractivity contribution in [2.24, 2.45) is 11.5 Å². The van der Waals surface area contributed by atoms with Crippen molar-refractivity contribution in [3.05, 3.63) is 35.4 Å². The quantitative estimate of drug-likeness (QED) is 0.751. The molecule has 0 aliphatic carbocycles. The van der Waals surface area contributed by atoms with Gasteiger partial charge in [-0.2, -0.15) is 0 Å². The SMILES string of the molecule is NC(=O)c1cccc(C(=O)N2CC[C@H](N)C2)c1. The number of amides is 2. The molecule has 0 spiro atoms. The molecule has 2 amide bonds. The van der Waals surface area contributed by atoms with Gasteiger partial charge in [-0.1, -0.05) is 6.07 Å². The molecule has 2 rings (SSSR count). The standard InChI is InChI=1S/C12H15N3O2/c13-10-4-5-15(7-10)12(17)9-3-1-2-8(6-9)11(14)16/h1-3,6,10H,4-5,7,13H2,(H2,14,16)/t10-/m0/s1. The van der Waals surface area contributed by atoms with E-state index in [9.17, 15) is 9.59 Å².